The van der Waals surface area contributed by atoms with Gasteiger partial charge in [-0.3, -0.25) is 4.79 Å². The number of carbonyl (C=O) groups excluding carboxylic acids is 1. The average Bonchev–Trinajstić information content (AvgIpc) is 2.93. The number of aromatic hydroxyl groups is 1. The number of carbonyl (C=O) groups is 1. The van der Waals surface area contributed by atoms with Gasteiger partial charge in [0.15, 0.2) is 5.78 Å². The summed E-state index contributed by atoms with van der Waals surface area (Å²) < 4.78 is 0. The molecule has 1 spiro atoms. The molecular formula is C15H12Cl2O2. The van der Waals surface area contributed by atoms with Crippen LogP contribution in [-0.2, 0) is 11.2 Å². The van der Waals surface area contributed by atoms with Gasteiger partial charge in [-0.15, -0.1) is 0 Å². The van der Waals surface area contributed by atoms with Crippen LogP contribution < -0.4 is 0 Å². The van der Waals surface area contributed by atoms with Gasteiger partial charge in [0.2, 0.25) is 0 Å². The Hall–Kier alpha value is -0.990. The second kappa shape index (κ2) is 3.56. The Bertz CT molecular complexity index is 662. The standard InChI is InChI=1S/C15H12Cl2O2/c16-12-9-6-15-4-3-7(5-15)14(19)13(17)11(15)8(9)1-2-10(12)18/h1-2,7,18H,3-6H2/t7-,15+/m1/s1. The minimum absolute atomic E-state index is 0.0184. The van der Waals surface area contributed by atoms with Crippen LogP contribution in [0.2, 0.25) is 5.02 Å². The van der Waals surface area contributed by atoms with Gasteiger partial charge in [0.25, 0.3) is 0 Å². The molecule has 4 rings (SSSR count). The Kier molecular flexibility index (Phi) is 2.21. The van der Waals surface area contributed by atoms with Gasteiger partial charge in [0.1, 0.15) is 5.75 Å². The van der Waals surface area contributed by atoms with Crippen LogP contribution in [0.3, 0.4) is 0 Å². The number of phenolic OH excluding ortho intramolecular Hbond substituents is 1. The van der Waals surface area contributed by atoms with Crippen LogP contribution in [0.4, 0.5) is 0 Å². The Balaban J connectivity index is 2.03. The van der Waals surface area contributed by atoms with Crippen molar-refractivity contribution >= 4 is 34.6 Å². The van der Waals surface area contributed by atoms with E-state index in [1.165, 1.54) is 0 Å². The summed E-state index contributed by atoms with van der Waals surface area (Å²) in [5, 5.41) is 10.6. The zero-order valence-corrected chi connectivity index (χ0v) is 11.7. The highest BCUT2D eigenvalue weighted by atomic mass is 35.5. The molecule has 2 nitrogen and oxygen atoms in total. The summed E-state index contributed by atoms with van der Waals surface area (Å²) in [6.45, 7) is 0. The largest absolute Gasteiger partial charge is 0.506 e. The molecule has 1 fully saturated rings. The summed E-state index contributed by atoms with van der Waals surface area (Å²) in [6, 6.07) is 3.43. The fourth-order valence-corrected chi connectivity index (χ4v) is 4.81. The van der Waals surface area contributed by atoms with Gasteiger partial charge in [0, 0.05) is 11.3 Å². The van der Waals surface area contributed by atoms with Crippen molar-refractivity contribution in [1.82, 2.24) is 0 Å². The summed E-state index contributed by atoms with van der Waals surface area (Å²) in [7, 11) is 0. The van der Waals surface area contributed by atoms with Crippen molar-refractivity contribution in [2.75, 3.05) is 0 Å². The molecule has 0 unspecified atom stereocenters. The maximum absolute atomic E-state index is 12.2. The summed E-state index contributed by atoms with van der Waals surface area (Å²) >= 11 is 12.6. The van der Waals surface area contributed by atoms with Gasteiger partial charge < -0.3 is 5.11 Å². The van der Waals surface area contributed by atoms with E-state index in [-0.39, 0.29) is 22.9 Å². The van der Waals surface area contributed by atoms with E-state index >= 15 is 0 Å². The van der Waals surface area contributed by atoms with Crippen molar-refractivity contribution in [3.8, 4) is 5.75 Å². The lowest BCUT2D eigenvalue weighted by Gasteiger charge is -2.30. The molecule has 98 valence electrons. The molecule has 1 aromatic rings. The highest BCUT2D eigenvalue weighted by molar-refractivity contribution is 6.47. The Morgan fingerprint density at radius 3 is 2.89 bits per heavy atom. The minimum atomic E-state index is -0.0184. The van der Waals surface area contributed by atoms with Crippen LogP contribution in [0, 0.1) is 11.3 Å². The summed E-state index contributed by atoms with van der Waals surface area (Å²) in [5.74, 6) is 0.271. The normalized spacial score (nSPS) is 31.7. The van der Waals surface area contributed by atoms with Crippen molar-refractivity contribution in [1.29, 1.82) is 0 Å². The van der Waals surface area contributed by atoms with Gasteiger partial charge in [-0.05, 0) is 48.4 Å². The molecule has 0 radical (unpaired) electrons. The van der Waals surface area contributed by atoms with Crippen LogP contribution >= 0.6 is 23.2 Å². The number of allylic oxidation sites excluding steroid dienone is 2. The molecule has 4 heteroatoms. The summed E-state index contributed by atoms with van der Waals surface area (Å²) in [5.41, 5.74) is 2.87. The lowest BCUT2D eigenvalue weighted by Crippen LogP contribution is -2.25. The van der Waals surface area contributed by atoms with E-state index in [4.69, 9.17) is 23.2 Å². The molecule has 0 aliphatic heterocycles. The molecule has 0 aromatic heterocycles. The van der Waals surface area contributed by atoms with Gasteiger partial charge in [0.05, 0.1) is 10.1 Å². The Morgan fingerprint density at radius 1 is 1.32 bits per heavy atom. The highest BCUT2D eigenvalue weighted by Gasteiger charge is 2.54. The zero-order valence-electron chi connectivity index (χ0n) is 10.2. The van der Waals surface area contributed by atoms with E-state index in [0.717, 1.165) is 42.4 Å². The van der Waals surface area contributed by atoms with Crippen molar-refractivity contribution < 1.29 is 9.90 Å². The van der Waals surface area contributed by atoms with Crippen LogP contribution in [0.5, 0.6) is 5.75 Å². The molecule has 19 heavy (non-hydrogen) atoms. The number of ketones is 1. The number of hydrogen-bond donors (Lipinski definition) is 1. The SMILES string of the molecule is O=C1C(Cl)=C2c3ccc(O)c(Cl)c3C[C@@]23CC[C@@H]1C3. The van der Waals surface area contributed by atoms with Crippen LogP contribution in [0.15, 0.2) is 17.2 Å². The van der Waals surface area contributed by atoms with E-state index in [2.05, 4.69) is 0 Å². The maximum Gasteiger partial charge on any atom is 0.177 e. The third-order valence-electron chi connectivity index (χ3n) is 4.95. The van der Waals surface area contributed by atoms with Gasteiger partial charge in [-0.2, -0.15) is 0 Å². The van der Waals surface area contributed by atoms with Gasteiger partial charge >= 0.3 is 0 Å². The Labute approximate surface area is 121 Å². The highest BCUT2D eigenvalue weighted by Crippen LogP contribution is 2.63. The molecule has 0 saturated heterocycles. The van der Waals surface area contributed by atoms with E-state index < -0.39 is 0 Å². The van der Waals surface area contributed by atoms with Crippen LogP contribution in [0.25, 0.3) is 5.57 Å². The molecule has 3 aliphatic rings. The second-order valence-corrected chi connectivity index (χ2v) is 6.63. The molecule has 0 heterocycles. The fourth-order valence-electron chi connectivity index (χ4n) is 4.12. The second-order valence-electron chi connectivity index (χ2n) is 5.87. The number of Topliss-reactive ketones (excluding diaryl/α,β-unsaturated/α-hetero) is 1. The van der Waals surface area contributed by atoms with Crippen molar-refractivity contribution in [2.45, 2.75) is 25.7 Å². The third kappa shape index (κ3) is 1.31. The fraction of sp³-hybridized carbons (Fsp3) is 0.400. The quantitative estimate of drug-likeness (QED) is 0.787. The first-order valence-corrected chi connectivity index (χ1v) is 7.24. The molecule has 1 N–H and O–H groups in total. The summed E-state index contributed by atoms with van der Waals surface area (Å²) in [4.78, 5) is 12.2. The van der Waals surface area contributed by atoms with Crippen LogP contribution in [0.1, 0.15) is 30.4 Å². The van der Waals surface area contributed by atoms with Crippen LogP contribution in [-0.4, -0.2) is 10.9 Å². The van der Waals surface area contributed by atoms with E-state index in [9.17, 15) is 9.90 Å². The predicted octanol–water partition coefficient (Wildman–Crippen LogP) is 3.92. The molecule has 1 saturated carbocycles. The Morgan fingerprint density at radius 2 is 2.11 bits per heavy atom. The first-order chi connectivity index (χ1) is 9.03. The lowest BCUT2D eigenvalue weighted by atomic mass is 9.74. The zero-order chi connectivity index (χ0) is 13.4. The van der Waals surface area contributed by atoms with E-state index in [0.29, 0.717) is 10.1 Å². The number of rotatable bonds is 0. The van der Waals surface area contributed by atoms with Crippen molar-refractivity contribution in [3.63, 3.8) is 0 Å². The monoisotopic (exact) mass is 294 g/mol. The maximum atomic E-state index is 12.2. The smallest absolute Gasteiger partial charge is 0.177 e. The molecular weight excluding hydrogens is 283 g/mol. The van der Waals surface area contributed by atoms with E-state index in [1.54, 1.807) is 6.07 Å². The number of benzene rings is 1. The van der Waals surface area contributed by atoms with Gasteiger partial charge in [-0.1, -0.05) is 29.3 Å². The number of fused-ring (bicyclic) bond motifs is 3. The number of hydrogen-bond acceptors (Lipinski definition) is 2. The molecule has 2 bridgehead atoms. The molecule has 3 aliphatic carbocycles. The molecule has 2 atom stereocenters. The summed E-state index contributed by atoms with van der Waals surface area (Å²) in [6.07, 6.45) is 3.57. The molecule has 1 aromatic carbocycles. The number of phenols is 1. The third-order valence-corrected chi connectivity index (χ3v) is 5.75. The lowest BCUT2D eigenvalue weighted by molar-refractivity contribution is -0.118. The average molecular weight is 295 g/mol. The van der Waals surface area contributed by atoms with Crippen molar-refractivity contribution in [3.05, 3.63) is 33.3 Å². The first kappa shape index (κ1) is 11.8. The number of halogens is 2. The first-order valence-electron chi connectivity index (χ1n) is 6.49. The molecule has 0 amide bonds. The van der Waals surface area contributed by atoms with Crippen molar-refractivity contribution in [2.24, 2.45) is 11.3 Å². The van der Waals surface area contributed by atoms with E-state index in [1.807, 2.05) is 6.07 Å². The van der Waals surface area contributed by atoms with Gasteiger partial charge in [-0.25, -0.2) is 0 Å². The minimum Gasteiger partial charge on any atom is -0.506 e. The predicted molar refractivity (Wildman–Crippen MR) is 74.4 cm³/mol. The topological polar surface area (TPSA) is 37.3 Å².